The van der Waals surface area contributed by atoms with Crippen LogP contribution in [0.2, 0.25) is 5.02 Å². The van der Waals surface area contributed by atoms with Crippen molar-refractivity contribution < 1.29 is 14.4 Å². The average Bonchev–Trinajstić information content (AvgIpc) is 2.75. The standard InChI is InChI=1S/C22H25ClN4O3/c23-17-11-9-16(10-12-17)14-25-20(28)8-2-1-5-13-24-22(30)27-15-21(29)26-18-6-3-4-7-19(18)27/h3-4,6-7,9-12H,1-2,5,8,13-15H2,(H,24,30)(H,25,28)(H,26,29). The molecule has 8 heteroatoms. The van der Waals surface area contributed by atoms with E-state index in [0.717, 1.165) is 24.8 Å². The number of halogens is 1. The molecular weight excluding hydrogens is 404 g/mol. The molecule has 0 radical (unpaired) electrons. The molecule has 3 N–H and O–H groups in total. The zero-order valence-corrected chi connectivity index (χ0v) is 17.4. The molecule has 1 aliphatic rings. The molecule has 3 rings (SSSR count). The molecule has 0 aliphatic carbocycles. The van der Waals surface area contributed by atoms with Crippen LogP contribution in [0.4, 0.5) is 16.2 Å². The summed E-state index contributed by atoms with van der Waals surface area (Å²) in [5, 5.41) is 9.17. The molecule has 158 valence electrons. The molecule has 0 bridgehead atoms. The summed E-state index contributed by atoms with van der Waals surface area (Å²) >= 11 is 5.84. The van der Waals surface area contributed by atoms with Crippen LogP contribution in [0.5, 0.6) is 0 Å². The van der Waals surface area contributed by atoms with Crippen molar-refractivity contribution in [2.24, 2.45) is 0 Å². The summed E-state index contributed by atoms with van der Waals surface area (Å²) in [7, 11) is 0. The Morgan fingerprint density at radius 1 is 1.00 bits per heavy atom. The lowest BCUT2D eigenvalue weighted by Crippen LogP contribution is -2.47. The number of amides is 4. The van der Waals surface area contributed by atoms with E-state index in [2.05, 4.69) is 16.0 Å². The van der Waals surface area contributed by atoms with E-state index in [-0.39, 0.29) is 24.4 Å². The smallest absolute Gasteiger partial charge is 0.322 e. The van der Waals surface area contributed by atoms with Crippen LogP contribution in [0.1, 0.15) is 31.2 Å². The van der Waals surface area contributed by atoms with Crippen LogP contribution in [-0.2, 0) is 16.1 Å². The predicted octanol–water partition coefficient (Wildman–Crippen LogP) is 3.68. The number of carbonyl (C=O) groups is 3. The SMILES string of the molecule is O=C(CCCCCNC(=O)N1CC(=O)Nc2ccccc21)NCc1ccc(Cl)cc1. The van der Waals surface area contributed by atoms with Crippen molar-refractivity contribution in [2.75, 3.05) is 23.3 Å². The number of anilines is 2. The van der Waals surface area contributed by atoms with Crippen molar-refractivity contribution in [3.8, 4) is 0 Å². The minimum Gasteiger partial charge on any atom is -0.352 e. The zero-order chi connectivity index (χ0) is 21.3. The zero-order valence-electron chi connectivity index (χ0n) is 16.6. The monoisotopic (exact) mass is 428 g/mol. The molecule has 1 heterocycles. The van der Waals surface area contributed by atoms with Gasteiger partial charge in [-0.15, -0.1) is 0 Å². The number of rotatable bonds is 8. The third-order valence-corrected chi connectivity index (χ3v) is 5.03. The van der Waals surface area contributed by atoms with E-state index in [9.17, 15) is 14.4 Å². The number of hydrogen-bond acceptors (Lipinski definition) is 3. The van der Waals surface area contributed by atoms with Crippen molar-refractivity contribution in [3.05, 3.63) is 59.1 Å². The summed E-state index contributed by atoms with van der Waals surface area (Å²) in [4.78, 5) is 37.6. The molecule has 0 saturated carbocycles. The fraction of sp³-hybridized carbons (Fsp3) is 0.318. The molecular formula is C22H25ClN4O3. The lowest BCUT2D eigenvalue weighted by atomic mass is 10.1. The van der Waals surface area contributed by atoms with Gasteiger partial charge < -0.3 is 16.0 Å². The highest BCUT2D eigenvalue weighted by atomic mass is 35.5. The van der Waals surface area contributed by atoms with E-state index in [4.69, 9.17) is 11.6 Å². The van der Waals surface area contributed by atoms with Crippen LogP contribution in [0.25, 0.3) is 0 Å². The topological polar surface area (TPSA) is 90.5 Å². The number of unbranched alkanes of at least 4 members (excludes halogenated alkanes) is 2. The highest BCUT2D eigenvalue weighted by Gasteiger charge is 2.26. The Labute approximate surface area is 180 Å². The van der Waals surface area contributed by atoms with Crippen LogP contribution in [-0.4, -0.2) is 30.9 Å². The normalized spacial score (nSPS) is 12.7. The number of nitrogens with zero attached hydrogens (tertiary/aromatic N) is 1. The lowest BCUT2D eigenvalue weighted by molar-refractivity contribution is -0.121. The van der Waals surface area contributed by atoms with Gasteiger partial charge in [-0.2, -0.15) is 0 Å². The van der Waals surface area contributed by atoms with E-state index in [1.807, 2.05) is 24.3 Å². The van der Waals surface area contributed by atoms with Gasteiger partial charge in [-0.25, -0.2) is 4.79 Å². The third kappa shape index (κ3) is 6.22. The molecule has 0 fully saturated rings. The summed E-state index contributed by atoms with van der Waals surface area (Å²) in [6, 6.07) is 14.3. The largest absolute Gasteiger partial charge is 0.352 e. The molecule has 0 aromatic heterocycles. The van der Waals surface area contributed by atoms with E-state index < -0.39 is 0 Å². The maximum Gasteiger partial charge on any atom is 0.322 e. The van der Waals surface area contributed by atoms with Crippen LogP contribution < -0.4 is 20.9 Å². The first kappa shape index (κ1) is 21.6. The van der Waals surface area contributed by atoms with E-state index in [0.29, 0.717) is 35.9 Å². The van der Waals surface area contributed by atoms with E-state index >= 15 is 0 Å². The molecule has 0 saturated heterocycles. The molecule has 7 nitrogen and oxygen atoms in total. The minimum atomic E-state index is -0.294. The second-order valence-corrected chi connectivity index (χ2v) is 7.53. The van der Waals surface area contributed by atoms with Crippen LogP contribution in [0.15, 0.2) is 48.5 Å². The first-order chi connectivity index (χ1) is 14.5. The Morgan fingerprint density at radius 3 is 2.57 bits per heavy atom. The highest BCUT2D eigenvalue weighted by Crippen LogP contribution is 2.28. The van der Waals surface area contributed by atoms with Crippen molar-refractivity contribution in [1.82, 2.24) is 10.6 Å². The van der Waals surface area contributed by atoms with Crippen molar-refractivity contribution in [2.45, 2.75) is 32.2 Å². The molecule has 0 atom stereocenters. The molecule has 2 aromatic rings. The summed E-state index contributed by atoms with van der Waals surface area (Å²) in [6.45, 7) is 0.971. The number of hydrogen-bond donors (Lipinski definition) is 3. The van der Waals surface area contributed by atoms with Gasteiger partial charge in [-0.3, -0.25) is 14.5 Å². The average molecular weight is 429 g/mol. The van der Waals surface area contributed by atoms with Crippen LogP contribution in [0, 0.1) is 0 Å². The number of para-hydroxylation sites is 2. The van der Waals surface area contributed by atoms with E-state index in [1.54, 1.807) is 24.3 Å². The maximum atomic E-state index is 12.5. The Bertz CT molecular complexity index is 902. The number of carbonyl (C=O) groups excluding carboxylic acids is 3. The molecule has 0 spiro atoms. The van der Waals surface area contributed by atoms with Crippen LogP contribution in [0.3, 0.4) is 0 Å². The summed E-state index contributed by atoms with van der Waals surface area (Å²) in [5.74, 6) is -0.210. The Hall–Kier alpha value is -3.06. The second kappa shape index (κ2) is 10.6. The van der Waals surface area contributed by atoms with Gasteiger partial charge in [0.25, 0.3) is 0 Å². The van der Waals surface area contributed by atoms with Gasteiger partial charge in [-0.05, 0) is 42.7 Å². The first-order valence-corrected chi connectivity index (χ1v) is 10.4. The summed E-state index contributed by atoms with van der Waals surface area (Å²) < 4.78 is 0. The van der Waals surface area contributed by atoms with Crippen molar-refractivity contribution in [3.63, 3.8) is 0 Å². The van der Waals surface area contributed by atoms with Gasteiger partial charge in [0.2, 0.25) is 11.8 Å². The molecule has 1 aliphatic heterocycles. The molecule has 0 unspecified atom stereocenters. The fourth-order valence-electron chi connectivity index (χ4n) is 3.18. The quantitative estimate of drug-likeness (QED) is 0.560. The molecule has 4 amide bonds. The maximum absolute atomic E-state index is 12.5. The fourth-order valence-corrected chi connectivity index (χ4v) is 3.31. The van der Waals surface area contributed by atoms with E-state index in [1.165, 1.54) is 4.90 Å². The third-order valence-electron chi connectivity index (χ3n) is 4.78. The van der Waals surface area contributed by atoms with Gasteiger partial charge >= 0.3 is 6.03 Å². The first-order valence-electron chi connectivity index (χ1n) is 9.98. The van der Waals surface area contributed by atoms with Gasteiger partial charge in [0.15, 0.2) is 0 Å². The van der Waals surface area contributed by atoms with Gasteiger partial charge in [0, 0.05) is 24.5 Å². The lowest BCUT2D eigenvalue weighted by Gasteiger charge is -2.29. The Morgan fingerprint density at radius 2 is 1.77 bits per heavy atom. The summed E-state index contributed by atoms with van der Waals surface area (Å²) in [5.41, 5.74) is 2.32. The Kier molecular flexibility index (Phi) is 7.68. The Balaban J connectivity index is 1.31. The summed E-state index contributed by atoms with van der Waals surface area (Å²) in [6.07, 6.45) is 2.78. The van der Waals surface area contributed by atoms with Gasteiger partial charge in [0.05, 0.1) is 11.4 Å². The number of benzene rings is 2. The van der Waals surface area contributed by atoms with Crippen LogP contribution >= 0.6 is 11.6 Å². The highest BCUT2D eigenvalue weighted by molar-refractivity contribution is 6.30. The van der Waals surface area contributed by atoms with Gasteiger partial charge in [0.1, 0.15) is 6.54 Å². The predicted molar refractivity (Wildman–Crippen MR) is 118 cm³/mol. The number of nitrogens with one attached hydrogen (secondary N) is 3. The van der Waals surface area contributed by atoms with Gasteiger partial charge in [-0.1, -0.05) is 42.3 Å². The second-order valence-electron chi connectivity index (χ2n) is 7.10. The van der Waals surface area contributed by atoms with Crippen molar-refractivity contribution in [1.29, 1.82) is 0 Å². The minimum absolute atomic E-state index is 0.00334. The number of urea groups is 1. The molecule has 2 aromatic carbocycles. The number of fused-ring (bicyclic) bond motifs is 1. The molecule has 30 heavy (non-hydrogen) atoms. The van der Waals surface area contributed by atoms with Crippen molar-refractivity contribution >= 4 is 40.8 Å².